The third-order valence-corrected chi connectivity index (χ3v) is 5.52. The number of rotatable bonds is 3. The van der Waals surface area contributed by atoms with Gasteiger partial charge in [0.05, 0.1) is 5.56 Å². The van der Waals surface area contributed by atoms with Crippen LogP contribution in [-0.2, 0) is 3.23 Å². The predicted octanol–water partition coefficient (Wildman–Crippen LogP) is 3.72. The van der Waals surface area contributed by atoms with Gasteiger partial charge >= 0.3 is 5.97 Å². The Labute approximate surface area is 107 Å². The highest BCUT2D eigenvalue weighted by Gasteiger charge is 2.24. The molecule has 0 atom stereocenters. The summed E-state index contributed by atoms with van der Waals surface area (Å²) in [7, 11) is 0. The summed E-state index contributed by atoms with van der Waals surface area (Å²) >= 11 is 10.2. The van der Waals surface area contributed by atoms with Crippen LogP contribution in [0.2, 0.25) is 0 Å². The van der Waals surface area contributed by atoms with Crippen molar-refractivity contribution in [1.29, 1.82) is 0 Å². The van der Waals surface area contributed by atoms with Gasteiger partial charge in [0, 0.05) is 5.33 Å². The molecule has 0 aliphatic heterocycles. The van der Waals surface area contributed by atoms with E-state index in [9.17, 15) is 4.79 Å². The Hall–Kier alpha value is 0.130. The van der Waals surface area contributed by atoms with Crippen LogP contribution in [0.3, 0.4) is 0 Å². The molecular weight excluding hydrogens is 380 g/mol. The van der Waals surface area contributed by atoms with Crippen molar-refractivity contribution in [3.8, 4) is 0 Å². The lowest BCUT2D eigenvalue weighted by atomic mass is 10.1. The van der Waals surface area contributed by atoms with E-state index >= 15 is 0 Å². The van der Waals surface area contributed by atoms with Gasteiger partial charge in [0.2, 0.25) is 0 Å². The van der Waals surface area contributed by atoms with Crippen LogP contribution in [0.4, 0.5) is 0 Å². The first kappa shape index (κ1) is 12.2. The number of hydrogen-bond acceptors (Lipinski definition) is 1. The van der Waals surface area contributed by atoms with Crippen LogP contribution in [0, 0.1) is 0 Å². The second-order valence-corrected chi connectivity index (χ2v) is 7.06. The van der Waals surface area contributed by atoms with Crippen molar-refractivity contribution >= 4 is 53.8 Å². The molecule has 0 spiro atoms. The summed E-state index contributed by atoms with van der Waals surface area (Å²) in [6, 6.07) is 6.78. The molecule has 0 bridgehead atoms. The van der Waals surface area contributed by atoms with Crippen molar-refractivity contribution in [3.63, 3.8) is 0 Å². The Kier molecular flexibility index (Phi) is 4.15. The van der Waals surface area contributed by atoms with Gasteiger partial charge in [-0.2, -0.15) is 0 Å². The topological polar surface area (TPSA) is 37.3 Å². The van der Waals surface area contributed by atoms with Gasteiger partial charge in [0.1, 0.15) is 3.23 Å². The zero-order valence-corrected chi connectivity index (χ0v) is 11.8. The van der Waals surface area contributed by atoms with Gasteiger partial charge in [-0.3, -0.25) is 0 Å². The Bertz CT molecular complexity index is 350. The lowest BCUT2D eigenvalue weighted by Crippen LogP contribution is -2.11. The molecule has 0 saturated heterocycles. The summed E-state index contributed by atoms with van der Waals surface area (Å²) in [5.74, 6) is -0.919. The lowest BCUT2D eigenvalue weighted by Gasteiger charge is -2.17. The van der Waals surface area contributed by atoms with E-state index in [4.69, 9.17) is 5.11 Å². The Morgan fingerprint density at radius 2 is 2.07 bits per heavy atom. The molecule has 1 aromatic rings. The molecule has 0 aliphatic carbocycles. The fraction of sp³-hybridized carbons (Fsp3) is 0.222. The summed E-state index contributed by atoms with van der Waals surface area (Å²) in [6.45, 7) is 0. The van der Waals surface area contributed by atoms with E-state index < -0.39 is 9.20 Å². The van der Waals surface area contributed by atoms with Gasteiger partial charge < -0.3 is 5.11 Å². The predicted molar refractivity (Wildman–Crippen MR) is 66.7 cm³/mol. The van der Waals surface area contributed by atoms with Gasteiger partial charge in [-0.15, -0.1) is 0 Å². The molecule has 1 rings (SSSR count). The van der Waals surface area contributed by atoms with Crippen LogP contribution in [0.1, 0.15) is 15.9 Å². The molecule has 1 N–H and O–H groups in total. The number of carboxylic acids is 1. The van der Waals surface area contributed by atoms with Crippen molar-refractivity contribution in [3.05, 3.63) is 35.4 Å². The van der Waals surface area contributed by atoms with E-state index in [0.29, 0.717) is 5.33 Å². The summed E-state index contributed by atoms with van der Waals surface area (Å²) in [6.07, 6.45) is 0. The van der Waals surface area contributed by atoms with Gasteiger partial charge in [0.15, 0.2) is 0 Å². The largest absolute Gasteiger partial charge is 0.478 e. The minimum absolute atomic E-state index is 0.284. The van der Waals surface area contributed by atoms with Crippen LogP contribution in [-0.4, -0.2) is 16.4 Å². The number of hydrogen-bond donors (Lipinski definition) is 1. The molecule has 76 valence electrons. The zero-order chi connectivity index (χ0) is 10.8. The van der Waals surface area contributed by atoms with Crippen molar-refractivity contribution < 1.29 is 9.90 Å². The first-order chi connectivity index (χ1) is 6.47. The van der Waals surface area contributed by atoms with Gasteiger partial charge in [-0.1, -0.05) is 59.9 Å². The van der Waals surface area contributed by atoms with Gasteiger partial charge in [0.25, 0.3) is 0 Å². The highest BCUT2D eigenvalue weighted by Crippen LogP contribution is 2.39. The maximum Gasteiger partial charge on any atom is 0.335 e. The third-order valence-electron chi connectivity index (χ3n) is 1.70. The maximum absolute atomic E-state index is 10.7. The number of benzene rings is 1. The van der Waals surface area contributed by atoms with Crippen LogP contribution in [0.5, 0.6) is 0 Å². The highest BCUT2D eigenvalue weighted by atomic mass is 79.9. The van der Waals surface area contributed by atoms with Crippen LogP contribution < -0.4 is 0 Å². The van der Waals surface area contributed by atoms with E-state index in [1.54, 1.807) is 18.2 Å². The Morgan fingerprint density at radius 1 is 1.43 bits per heavy atom. The first-order valence-electron chi connectivity index (χ1n) is 3.75. The summed E-state index contributed by atoms with van der Waals surface area (Å²) in [4.78, 5) is 10.7. The van der Waals surface area contributed by atoms with Crippen molar-refractivity contribution in [2.24, 2.45) is 0 Å². The normalized spacial score (nSPS) is 11.4. The second-order valence-electron chi connectivity index (χ2n) is 2.72. The van der Waals surface area contributed by atoms with E-state index in [1.807, 2.05) is 6.07 Å². The minimum Gasteiger partial charge on any atom is -0.478 e. The number of carbonyl (C=O) groups is 1. The van der Waals surface area contributed by atoms with Gasteiger partial charge in [-0.05, 0) is 17.7 Å². The van der Waals surface area contributed by atoms with Crippen molar-refractivity contribution in [2.45, 2.75) is 3.23 Å². The van der Waals surface area contributed by atoms with Crippen molar-refractivity contribution in [1.82, 2.24) is 0 Å². The van der Waals surface area contributed by atoms with Crippen LogP contribution in [0.15, 0.2) is 24.3 Å². The summed E-state index contributed by atoms with van der Waals surface area (Å²) < 4.78 is -0.411. The van der Waals surface area contributed by atoms with Crippen LogP contribution in [0.25, 0.3) is 0 Å². The quantitative estimate of drug-likeness (QED) is 0.804. The van der Waals surface area contributed by atoms with E-state index in [-0.39, 0.29) is 5.56 Å². The Morgan fingerprint density at radius 3 is 2.57 bits per heavy atom. The maximum atomic E-state index is 10.7. The fourth-order valence-electron chi connectivity index (χ4n) is 0.957. The third kappa shape index (κ3) is 2.81. The Balaban J connectivity index is 3.12. The van der Waals surface area contributed by atoms with Crippen LogP contribution >= 0.6 is 47.8 Å². The molecular formula is C9H7Br3O2. The van der Waals surface area contributed by atoms with E-state index in [0.717, 1.165) is 5.56 Å². The summed E-state index contributed by atoms with van der Waals surface area (Å²) in [5, 5.41) is 9.45. The zero-order valence-electron chi connectivity index (χ0n) is 7.01. The summed E-state index contributed by atoms with van der Waals surface area (Å²) in [5.41, 5.74) is 1.15. The number of carboxylic acid groups (broad SMARTS) is 1. The SMILES string of the molecule is O=C(O)c1cccc(C(Br)(Br)CBr)c1. The molecule has 2 nitrogen and oxygen atoms in total. The average molecular weight is 387 g/mol. The first-order valence-corrected chi connectivity index (χ1v) is 6.46. The van der Waals surface area contributed by atoms with E-state index in [2.05, 4.69) is 47.8 Å². The molecule has 0 aliphatic rings. The van der Waals surface area contributed by atoms with Crippen molar-refractivity contribution in [2.75, 3.05) is 5.33 Å². The van der Waals surface area contributed by atoms with E-state index in [1.165, 1.54) is 0 Å². The fourth-order valence-corrected chi connectivity index (χ4v) is 1.77. The molecule has 1 aromatic carbocycles. The molecule has 0 unspecified atom stereocenters. The number of aromatic carboxylic acids is 1. The smallest absolute Gasteiger partial charge is 0.335 e. The molecule has 0 heterocycles. The molecule has 0 fully saturated rings. The molecule has 0 radical (unpaired) electrons. The standard InChI is InChI=1S/C9H7Br3O2/c10-5-9(11,12)7-3-1-2-6(4-7)8(13)14/h1-4H,5H2,(H,13,14). The molecule has 0 saturated carbocycles. The molecule has 14 heavy (non-hydrogen) atoms. The number of alkyl halides is 3. The second kappa shape index (κ2) is 4.77. The minimum atomic E-state index is -0.919. The average Bonchev–Trinajstić information content (AvgIpc) is 2.18. The molecule has 0 amide bonds. The lowest BCUT2D eigenvalue weighted by molar-refractivity contribution is 0.0697. The highest BCUT2D eigenvalue weighted by molar-refractivity contribution is 9.25. The monoisotopic (exact) mass is 384 g/mol. The molecule has 5 heteroatoms. The molecule has 0 aromatic heterocycles. The van der Waals surface area contributed by atoms with Gasteiger partial charge in [-0.25, -0.2) is 4.79 Å². The number of halogens is 3.